The summed E-state index contributed by atoms with van der Waals surface area (Å²) in [5.41, 5.74) is 1.15. The van der Waals surface area contributed by atoms with Gasteiger partial charge >= 0.3 is 5.97 Å². The van der Waals surface area contributed by atoms with E-state index in [9.17, 15) is 23.9 Å². The fourth-order valence-corrected chi connectivity index (χ4v) is 4.00. The molecule has 0 spiro atoms. The number of anilines is 1. The van der Waals surface area contributed by atoms with Gasteiger partial charge in [-0.2, -0.15) is 0 Å². The first-order valence-electron chi connectivity index (χ1n) is 9.57. The maximum absolute atomic E-state index is 14.3. The minimum Gasteiger partial charge on any atom is -0.506 e. The summed E-state index contributed by atoms with van der Waals surface area (Å²) in [5.74, 6) is -3.66. The van der Waals surface area contributed by atoms with E-state index in [-0.39, 0.29) is 5.39 Å². The van der Waals surface area contributed by atoms with Crippen molar-refractivity contribution in [3.8, 4) is 5.75 Å². The van der Waals surface area contributed by atoms with Gasteiger partial charge < -0.3 is 20.4 Å². The minimum atomic E-state index is -1.30. The number of amides is 1. The summed E-state index contributed by atoms with van der Waals surface area (Å²) < 4.78 is 15.7. The quantitative estimate of drug-likeness (QED) is 0.590. The van der Waals surface area contributed by atoms with Crippen molar-refractivity contribution in [1.82, 2.24) is 9.88 Å². The number of halogens is 1. The molecule has 0 saturated carbocycles. The average Bonchev–Trinajstić information content (AvgIpc) is 2.71. The van der Waals surface area contributed by atoms with Gasteiger partial charge in [0.2, 0.25) is 0 Å². The van der Waals surface area contributed by atoms with Crippen LogP contribution in [0, 0.1) is 12.7 Å². The van der Waals surface area contributed by atoms with E-state index in [2.05, 4.69) is 5.32 Å². The van der Waals surface area contributed by atoms with Crippen LogP contribution < -0.4 is 15.8 Å². The van der Waals surface area contributed by atoms with Crippen LogP contribution in [0.2, 0.25) is 0 Å². The predicted octanol–water partition coefficient (Wildman–Crippen LogP) is 2.01. The highest BCUT2D eigenvalue weighted by Gasteiger charge is 2.32. The number of hydrogen-bond donors (Lipinski definition) is 3. The molecule has 0 bridgehead atoms. The van der Waals surface area contributed by atoms with Gasteiger partial charge in [-0.15, -0.1) is 0 Å². The number of nitrogens with zero attached hydrogens (tertiary/aromatic N) is 2. The zero-order valence-corrected chi connectivity index (χ0v) is 16.8. The molecule has 2 heterocycles. The minimum absolute atomic E-state index is 0.00117. The zero-order valence-electron chi connectivity index (χ0n) is 16.8. The van der Waals surface area contributed by atoms with Crippen LogP contribution in [0.3, 0.4) is 0 Å². The lowest BCUT2D eigenvalue weighted by atomic mass is 9.98. The molecule has 8 nitrogen and oxygen atoms in total. The van der Waals surface area contributed by atoms with Crippen LogP contribution in [-0.4, -0.2) is 46.8 Å². The van der Waals surface area contributed by atoms with Gasteiger partial charge in [-0.3, -0.25) is 19.0 Å². The highest BCUT2D eigenvalue weighted by Crippen LogP contribution is 2.39. The van der Waals surface area contributed by atoms with E-state index in [4.69, 9.17) is 5.11 Å². The molecule has 0 saturated heterocycles. The molecule has 1 atom stereocenters. The molecule has 3 aromatic rings. The maximum Gasteiger partial charge on any atom is 0.322 e. The first-order valence-corrected chi connectivity index (χ1v) is 9.57. The Morgan fingerprint density at radius 3 is 2.55 bits per heavy atom. The second kappa shape index (κ2) is 7.42. The summed E-state index contributed by atoms with van der Waals surface area (Å²) >= 11 is 0. The molecule has 1 amide bonds. The number of carboxylic acids is 1. The average molecular weight is 425 g/mol. The van der Waals surface area contributed by atoms with Crippen molar-refractivity contribution in [2.45, 2.75) is 13.0 Å². The van der Waals surface area contributed by atoms with E-state index in [0.717, 1.165) is 17.2 Å². The van der Waals surface area contributed by atoms with Crippen molar-refractivity contribution in [2.75, 3.05) is 25.0 Å². The number of likely N-dealkylation sites (N-methyl/N-ethyl adjacent to an activating group) is 1. The summed E-state index contributed by atoms with van der Waals surface area (Å²) in [6.45, 7) is 1.54. The van der Waals surface area contributed by atoms with Gasteiger partial charge in [-0.25, -0.2) is 4.39 Å². The van der Waals surface area contributed by atoms with Crippen LogP contribution in [0.25, 0.3) is 10.9 Å². The van der Waals surface area contributed by atoms with Crippen LogP contribution in [0.4, 0.5) is 10.1 Å². The molecule has 0 fully saturated rings. The van der Waals surface area contributed by atoms with Crippen LogP contribution in [0.15, 0.2) is 41.2 Å². The van der Waals surface area contributed by atoms with Gasteiger partial charge in [0, 0.05) is 19.0 Å². The second-order valence-corrected chi connectivity index (χ2v) is 7.60. The van der Waals surface area contributed by atoms with Gasteiger partial charge in [-0.05, 0) is 24.6 Å². The summed E-state index contributed by atoms with van der Waals surface area (Å²) in [6.07, 6.45) is 0. The summed E-state index contributed by atoms with van der Waals surface area (Å²) in [6, 6.07) is 9.37. The molecule has 9 heteroatoms. The fourth-order valence-electron chi connectivity index (χ4n) is 4.00. The number of carbonyl (C=O) groups excluding carboxylic acids is 1. The molecule has 3 N–H and O–H groups in total. The van der Waals surface area contributed by atoms with E-state index in [1.54, 1.807) is 11.9 Å². The number of aliphatic carboxylic acids is 1. The van der Waals surface area contributed by atoms with Crippen molar-refractivity contribution >= 4 is 28.5 Å². The molecule has 1 aromatic heterocycles. The van der Waals surface area contributed by atoms with E-state index < -0.39 is 47.2 Å². The third-order valence-corrected chi connectivity index (χ3v) is 5.48. The number of aromatic hydroxyl groups is 1. The number of hydrogen-bond acceptors (Lipinski definition) is 5. The molecular formula is C22H20FN3O5. The zero-order chi connectivity index (χ0) is 22.4. The summed E-state index contributed by atoms with van der Waals surface area (Å²) in [7, 11) is 1.76. The topological polar surface area (TPSA) is 112 Å². The molecule has 0 aliphatic carbocycles. The van der Waals surface area contributed by atoms with Gasteiger partial charge in [0.15, 0.2) is 0 Å². The monoisotopic (exact) mass is 425 g/mol. The number of pyridine rings is 1. The SMILES string of the molecule is Cc1ccc(C2CN(C)c3cc(F)cc4c(O)c(C(=O)NCC(=O)O)c(=O)n2c34)cc1. The van der Waals surface area contributed by atoms with Gasteiger partial charge in [-0.1, -0.05) is 29.8 Å². The van der Waals surface area contributed by atoms with Crippen molar-refractivity contribution < 1.29 is 24.2 Å². The Hall–Kier alpha value is -3.88. The highest BCUT2D eigenvalue weighted by molar-refractivity contribution is 6.05. The first-order chi connectivity index (χ1) is 14.7. The Morgan fingerprint density at radius 1 is 1.23 bits per heavy atom. The Bertz CT molecular complexity index is 1280. The van der Waals surface area contributed by atoms with E-state index in [1.807, 2.05) is 31.2 Å². The Labute approximate surface area is 176 Å². The highest BCUT2D eigenvalue weighted by atomic mass is 19.1. The molecule has 2 aromatic carbocycles. The number of benzene rings is 2. The molecule has 1 aliphatic heterocycles. The van der Waals surface area contributed by atoms with Crippen LogP contribution in [0.5, 0.6) is 5.75 Å². The third-order valence-electron chi connectivity index (χ3n) is 5.48. The smallest absolute Gasteiger partial charge is 0.322 e. The Balaban J connectivity index is 2.04. The molecular weight excluding hydrogens is 405 g/mol. The Kier molecular flexibility index (Phi) is 4.88. The standard InChI is InChI=1S/C22H20FN3O5/c1-11-3-5-12(6-4-11)16-10-25(2)15-8-13(23)7-14-19(15)26(16)22(31)18(20(14)29)21(30)24-9-17(27)28/h3-8,16,29H,9-10H2,1-2H3,(H,24,30)(H,27,28). The molecule has 0 radical (unpaired) electrons. The second-order valence-electron chi connectivity index (χ2n) is 7.60. The number of carbonyl (C=O) groups is 2. The molecule has 4 rings (SSSR count). The van der Waals surface area contributed by atoms with Gasteiger partial charge in [0.25, 0.3) is 11.5 Å². The lowest BCUT2D eigenvalue weighted by molar-refractivity contribution is -0.135. The predicted molar refractivity (Wildman–Crippen MR) is 112 cm³/mol. The van der Waals surface area contributed by atoms with Crippen molar-refractivity contribution in [3.05, 3.63) is 69.3 Å². The van der Waals surface area contributed by atoms with E-state index >= 15 is 0 Å². The van der Waals surface area contributed by atoms with Gasteiger partial charge in [0.05, 0.1) is 17.2 Å². The summed E-state index contributed by atoms with van der Waals surface area (Å²) in [4.78, 5) is 38.6. The maximum atomic E-state index is 14.3. The first kappa shape index (κ1) is 20.4. The molecule has 31 heavy (non-hydrogen) atoms. The number of nitrogens with one attached hydrogen (secondary N) is 1. The van der Waals surface area contributed by atoms with Crippen LogP contribution >= 0.6 is 0 Å². The molecule has 1 aliphatic rings. The normalized spacial score (nSPS) is 15.2. The number of aryl methyl sites for hydroxylation is 1. The summed E-state index contributed by atoms with van der Waals surface area (Å²) in [5, 5.41) is 21.7. The van der Waals surface area contributed by atoms with Crippen LogP contribution in [0.1, 0.15) is 27.5 Å². The van der Waals surface area contributed by atoms with Gasteiger partial charge in [0.1, 0.15) is 23.7 Å². The van der Waals surface area contributed by atoms with Crippen molar-refractivity contribution in [3.63, 3.8) is 0 Å². The van der Waals surface area contributed by atoms with Crippen molar-refractivity contribution in [2.24, 2.45) is 0 Å². The number of aromatic nitrogens is 1. The third kappa shape index (κ3) is 3.37. The van der Waals surface area contributed by atoms with Crippen LogP contribution in [-0.2, 0) is 4.79 Å². The van der Waals surface area contributed by atoms with Crippen molar-refractivity contribution in [1.29, 1.82) is 0 Å². The number of rotatable bonds is 4. The fraction of sp³-hybridized carbons (Fsp3) is 0.227. The number of carboxylic acid groups (broad SMARTS) is 1. The lowest BCUT2D eigenvalue weighted by Gasteiger charge is -2.35. The van der Waals surface area contributed by atoms with E-state index in [1.165, 1.54) is 10.6 Å². The Morgan fingerprint density at radius 2 is 1.90 bits per heavy atom. The largest absolute Gasteiger partial charge is 0.506 e. The molecule has 1 unspecified atom stereocenters. The lowest BCUT2D eigenvalue weighted by Crippen LogP contribution is -2.42. The van der Waals surface area contributed by atoms with E-state index in [0.29, 0.717) is 17.7 Å². The molecule has 160 valence electrons.